The van der Waals surface area contributed by atoms with Crippen molar-refractivity contribution in [2.24, 2.45) is 11.8 Å². The molecule has 0 N–H and O–H groups in total. The van der Waals surface area contributed by atoms with Crippen LogP contribution >= 0.6 is 0 Å². The zero-order valence-corrected chi connectivity index (χ0v) is 22.3. The molecule has 5 atom stereocenters. The van der Waals surface area contributed by atoms with Gasteiger partial charge in [0.25, 0.3) is 0 Å². The van der Waals surface area contributed by atoms with Gasteiger partial charge in [-0.15, -0.1) is 0 Å². The summed E-state index contributed by atoms with van der Waals surface area (Å²) in [6.07, 6.45) is 8.64. The minimum atomic E-state index is -0.364. The van der Waals surface area contributed by atoms with Crippen LogP contribution in [0.1, 0.15) is 61.8 Å². The Labute approximate surface area is 226 Å². The van der Waals surface area contributed by atoms with Crippen molar-refractivity contribution in [1.82, 2.24) is 24.6 Å². The fraction of sp³-hybridized carbons (Fsp3) is 0.517. The molecular formula is C29H33N5O5. The van der Waals surface area contributed by atoms with Crippen molar-refractivity contribution >= 4 is 28.4 Å². The molecular weight excluding hydrogens is 498 g/mol. The molecule has 3 aromatic rings. The number of carbonyl (C=O) groups excluding carboxylic acids is 3. The Balaban J connectivity index is 1.18. The highest BCUT2D eigenvalue weighted by molar-refractivity contribution is 6.05. The normalized spacial score (nSPS) is 25.6. The maximum atomic E-state index is 13.6. The molecule has 0 bridgehead atoms. The fourth-order valence-electron chi connectivity index (χ4n) is 6.34. The van der Waals surface area contributed by atoms with Gasteiger partial charge < -0.3 is 14.4 Å². The van der Waals surface area contributed by atoms with Gasteiger partial charge in [-0.2, -0.15) is 5.10 Å². The maximum absolute atomic E-state index is 13.6. The van der Waals surface area contributed by atoms with Crippen molar-refractivity contribution in [3.05, 3.63) is 48.2 Å². The van der Waals surface area contributed by atoms with E-state index in [1.807, 2.05) is 11.0 Å². The van der Waals surface area contributed by atoms with Gasteiger partial charge in [-0.25, -0.2) is 9.97 Å². The number of hydrogen-bond donors (Lipinski definition) is 0. The highest BCUT2D eigenvalue weighted by Crippen LogP contribution is 2.49. The van der Waals surface area contributed by atoms with Gasteiger partial charge in [0.1, 0.15) is 24.6 Å². The van der Waals surface area contributed by atoms with Crippen molar-refractivity contribution in [3.63, 3.8) is 0 Å². The molecule has 1 aromatic carbocycles. The van der Waals surface area contributed by atoms with Crippen LogP contribution < -0.4 is 4.74 Å². The van der Waals surface area contributed by atoms with Gasteiger partial charge in [-0.05, 0) is 68.2 Å². The van der Waals surface area contributed by atoms with Gasteiger partial charge in [0.05, 0.1) is 17.7 Å². The number of Topliss-reactive ketones (excluding diaryl/α,β-unsaturated/α-hetero) is 2. The van der Waals surface area contributed by atoms with E-state index >= 15 is 0 Å². The highest BCUT2D eigenvalue weighted by Gasteiger charge is 2.55. The number of benzene rings is 1. The van der Waals surface area contributed by atoms with Crippen LogP contribution in [0.15, 0.2) is 36.7 Å². The second-order valence-electron chi connectivity index (χ2n) is 11.0. The summed E-state index contributed by atoms with van der Waals surface area (Å²) in [5, 5.41) is 5.13. The molecule has 2 aliphatic carbocycles. The third-order valence-corrected chi connectivity index (χ3v) is 8.41. The highest BCUT2D eigenvalue weighted by atomic mass is 16.5. The Hall–Kier alpha value is -3.66. The summed E-state index contributed by atoms with van der Waals surface area (Å²) in [7, 11) is 1.73. The Morgan fingerprint density at radius 2 is 1.90 bits per heavy atom. The number of amides is 1. The van der Waals surface area contributed by atoms with Crippen LogP contribution in [0.25, 0.3) is 10.9 Å². The second kappa shape index (κ2) is 10.5. The summed E-state index contributed by atoms with van der Waals surface area (Å²) in [6.45, 7) is 1.62. The molecule has 1 aliphatic heterocycles. The molecule has 10 nitrogen and oxygen atoms in total. The van der Waals surface area contributed by atoms with Crippen LogP contribution in [-0.2, 0) is 27.5 Å². The average Bonchev–Trinajstić information content (AvgIpc) is 3.26. The summed E-state index contributed by atoms with van der Waals surface area (Å²) in [4.78, 5) is 49.5. The van der Waals surface area contributed by atoms with Crippen LogP contribution in [0.2, 0.25) is 0 Å². The van der Waals surface area contributed by atoms with E-state index in [0.29, 0.717) is 40.7 Å². The lowest BCUT2D eigenvalue weighted by atomic mass is 9.95. The van der Waals surface area contributed by atoms with Crippen LogP contribution in [0.5, 0.6) is 5.75 Å². The van der Waals surface area contributed by atoms with Crippen LogP contribution in [0.3, 0.4) is 0 Å². The predicted molar refractivity (Wildman–Crippen MR) is 141 cm³/mol. The maximum Gasteiger partial charge on any atom is 0.245 e. The van der Waals surface area contributed by atoms with Gasteiger partial charge in [-0.1, -0.05) is 0 Å². The third kappa shape index (κ3) is 5.17. The number of piperidine rings is 1. The molecule has 3 fully saturated rings. The minimum absolute atomic E-state index is 0.0238. The van der Waals surface area contributed by atoms with Gasteiger partial charge in [-0.3, -0.25) is 19.1 Å². The largest absolute Gasteiger partial charge is 0.486 e. The SMILES string of the molecule is COC1CCC(CC(=O)[C@@H]2C[C@H]3C[C@H]3N2C(=O)Cn2nc(C(C)=O)c3cc(OCc4ncccn4)ccc32)C1. The van der Waals surface area contributed by atoms with E-state index in [0.717, 1.165) is 32.1 Å². The quantitative estimate of drug-likeness (QED) is 0.366. The van der Waals surface area contributed by atoms with E-state index in [-0.39, 0.29) is 54.5 Å². The first-order valence-corrected chi connectivity index (χ1v) is 13.7. The van der Waals surface area contributed by atoms with Crippen LogP contribution in [-0.4, -0.2) is 67.4 Å². The zero-order valence-electron chi connectivity index (χ0n) is 22.3. The second-order valence-corrected chi connectivity index (χ2v) is 11.0. The molecule has 10 heteroatoms. The molecule has 3 heterocycles. The number of aromatic nitrogens is 4. The van der Waals surface area contributed by atoms with Crippen molar-refractivity contribution in [3.8, 4) is 5.75 Å². The molecule has 3 aliphatic rings. The summed E-state index contributed by atoms with van der Waals surface area (Å²) in [5.74, 6) is 1.68. The predicted octanol–water partition coefficient (Wildman–Crippen LogP) is 3.37. The van der Waals surface area contributed by atoms with E-state index in [4.69, 9.17) is 9.47 Å². The summed E-state index contributed by atoms with van der Waals surface area (Å²) in [5.41, 5.74) is 0.953. The first kappa shape index (κ1) is 25.6. The Bertz CT molecular complexity index is 1410. The standard InChI is InChI=1S/C29H33N5O5/c1-17(35)29-22-14-21(39-16-27-30-8-3-9-31-27)6-7-23(22)33(32-29)15-28(37)34-24-12-19(24)13-25(34)26(36)11-18-4-5-20(10-18)38-2/h3,6-9,14,18-20,24-25H,4-5,10-13,15-16H2,1-2H3/t18?,19-,20?,24-,25+/m1/s1. The summed E-state index contributed by atoms with van der Waals surface area (Å²) in [6, 6.07) is 6.86. The number of hydrogen-bond acceptors (Lipinski definition) is 8. The van der Waals surface area contributed by atoms with Gasteiger partial charge >= 0.3 is 0 Å². The number of nitrogens with zero attached hydrogens (tertiary/aromatic N) is 5. The number of carbonyl (C=O) groups is 3. The lowest BCUT2D eigenvalue weighted by molar-refractivity contribution is -0.139. The van der Waals surface area contributed by atoms with E-state index < -0.39 is 0 Å². The molecule has 0 spiro atoms. The average molecular weight is 532 g/mol. The third-order valence-electron chi connectivity index (χ3n) is 8.41. The first-order chi connectivity index (χ1) is 18.9. The van der Waals surface area contributed by atoms with Crippen molar-refractivity contribution in [2.45, 2.75) is 76.8 Å². The van der Waals surface area contributed by atoms with E-state index in [1.54, 1.807) is 42.4 Å². The summed E-state index contributed by atoms with van der Waals surface area (Å²) < 4.78 is 12.9. The zero-order chi connectivity index (χ0) is 27.1. The first-order valence-electron chi connectivity index (χ1n) is 13.7. The molecule has 2 unspecified atom stereocenters. The number of methoxy groups -OCH3 is 1. The number of likely N-dealkylation sites (tertiary alicyclic amines) is 1. The van der Waals surface area contributed by atoms with Gasteiger partial charge in [0.2, 0.25) is 5.91 Å². The van der Waals surface area contributed by atoms with Crippen LogP contribution in [0, 0.1) is 11.8 Å². The lowest BCUT2D eigenvalue weighted by Crippen LogP contribution is -2.45. The molecule has 1 saturated heterocycles. The summed E-state index contributed by atoms with van der Waals surface area (Å²) >= 11 is 0. The van der Waals surface area contributed by atoms with Gasteiger partial charge in [0.15, 0.2) is 17.4 Å². The fourth-order valence-corrected chi connectivity index (χ4v) is 6.34. The molecule has 2 saturated carbocycles. The van der Waals surface area contributed by atoms with Crippen LogP contribution in [0.4, 0.5) is 0 Å². The molecule has 2 aromatic heterocycles. The van der Waals surface area contributed by atoms with Crippen molar-refractivity contribution in [2.75, 3.05) is 7.11 Å². The number of ketones is 2. The van der Waals surface area contributed by atoms with Crippen molar-refractivity contribution in [1.29, 1.82) is 0 Å². The Morgan fingerprint density at radius 3 is 2.64 bits per heavy atom. The lowest BCUT2D eigenvalue weighted by Gasteiger charge is -2.27. The number of rotatable bonds is 10. The van der Waals surface area contributed by atoms with Gasteiger partial charge in [0, 0.05) is 44.3 Å². The molecule has 1 amide bonds. The Morgan fingerprint density at radius 1 is 1.08 bits per heavy atom. The van der Waals surface area contributed by atoms with E-state index in [1.165, 1.54) is 6.92 Å². The smallest absolute Gasteiger partial charge is 0.245 e. The molecule has 0 radical (unpaired) electrons. The topological polar surface area (TPSA) is 117 Å². The van der Waals surface area contributed by atoms with E-state index in [9.17, 15) is 14.4 Å². The Kier molecular flexibility index (Phi) is 6.88. The molecule has 6 rings (SSSR count). The van der Waals surface area contributed by atoms with Crippen molar-refractivity contribution < 1.29 is 23.9 Å². The molecule has 39 heavy (non-hydrogen) atoms. The number of fused-ring (bicyclic) bond motifs is 2. The monoisotopic (exact) mass is 531 g/mol. The number of ether oxygens (including phenoxy) is 2. The minimum Gasteiger partial charge on any atom is -0.486 e. The van der Waals surface area contributed by atoms with E-state index in [2.05, 4.69) is 15.1 Å². The molecule has 204 valence electrons.